The lowest BCUT2D eigenvalue weighted by Gasteiger charge is -1.97. The molecular weight excluding hydrogens is 374 g/mol. The molecule has 0 fully saturated rings. The lowest BCUT2D eigenvalue weighted by Crippen LogP contribution is -1.80. The van der Waals surface area contributed by atoms with Crippen LogP contribution in [-0.2, 0) is 5.75 Å². The highest BCUT2D eigenvalue weighted by Gasteiger charge is 2.13. The molecule has 0 atom stereocenters. The first kappa shape index (κ1) is 16.3. The molecule has 0 bridgehead atoms. The van der Waals surface area contributed by atoms with Crippen molar-refractivity contribution in [2.24, 2.45) is 0 Å². The largest absolute Gasteiger partial charge is 0.410 e. The second kappa shape index (κ2) is 7.39. The summed E-state index contributed by atoms with van der Waals surface area (Å²) in [5, 5.41) is 12.3. The van der Waals surface area contributed by atoms with Crippen LogP contribution in [0.3, 0.4) is 0 Å². The third kappa shape index (κ3) is 3.92. The molecule has 0 aliphatic carbocycles. The zero-order valence-corrected chi connectivity index (χ0v) is 15.3. The van der Waals surface area contributed by atoms with Crippen LogP contribution in [0.4, 0.5) is 0 Å². The van der Waals surface area contributed by atoms with E-state index in [0.29, 0.717) is 16.8 Å². The minimum absolute atomic E-state index is 0.442. The number of rotatable bonds is 5. The Bertz CT molecular complexity index is 967. The molecule has 0 unspecified atom stereocenters. The van der Waals surface area contributed by atoms with Crippen molar-refractivity contribution in [3.8, 4) is 22.2 Å². The summed E-state index contributed by atoms with van der Waals surface area (Å²) in [5.74, 6) is 1.18. The van der Waals surface area contributed by atoms with Crippen LogP contribution >= 0.6 is 34.7 Å². The SMILES string of the molecule is Clc1ccc(CSc2nnc(-c3csc(-c4ccccc4)n3)o2)cc1. The number of aromatic nitrogens is 3. The van der Waals surface area contributed by atoms with Crippen LogP contribution in [0.25, 0.3) is 22.2 Å². The fourth-order valence-corrected chi connectivity index (χ4v) is 3.83. The number of hydrogen-bond acceptors (Lipinski definition) is 6. The standard InChI is InChI=1S/C18H12ClN3OS2/c19-14-8-6-12(7-9-14)10-25-18-22-21-16(23-18)15-11-24-17(20-15)13-4-2-1-3-5-13/h1-9,11H,10H2. The van der Waals surface area contributed by atoms with Crippen LogP contribution < -0.4 is 0 Å². The number of hydrogen-bond donors (Lipinski definition) is 0. The minimum Gasteiger partial charge on any atom is -0.410 e. The molecular formula is C18H12ClN3OS2. The molecule has 2 aromatic heterocycles. The van der Waals surface area contributed by atoms with Gasteiger partial charge in [-0.3, -0.25) is 0 Å². The van der Waals surface area contributed by atoms with E-state index in [1.54, 1.807) is 11.3 Å². The van der Waals surface area contributed by atoms with Crippen molar-refractivity contribution in [1.29, 1.82) is 0 Å². The van der Waals surface area contributed by atoms with Gasteiger partial charge in [0.25, 0.3) is 11.1 Å². The van der Waals surface area contributed by atoms with Crippen LogP contribution in [-0.4, -0.2) is 15.2 Å². The average Bonchev–Trinajstić information content (AvgIpc) is 3.31. The maximum Gasteiger partial charge on any atom is 0.277 e. The second-order valence-corrected chi connectivity index (χ2v) is 7.41. The molecule has 4 nitrogen and oxygen atoms in total. The Kier molecular flexibility index (Phi) is 4.83. The summed E-state index contributed by atoms with van der Waals surface area (Å²) in [4.78, 5) is 4.59. The van der Waals surface area contributed by atoms with E-state index in [-0.39, 0.29) is 0 Å². The normalized spacial score (nSPS) is 10.9. The molecule has 2 heterocycles. The molecule has 0 N–H and O–H groups in total. The van der Waals surface area contributed by atoms with Gasteiger partial charge in [0.15, 0.2) is 0 Å². The van der Waals surface area contributed by atoms with Crippen molar-refractivity contribution in [2.75, 3.05) is 0 Å². The van der Waals surface area contributed by atoms with Crippen LogP contribution in [0.15, 0.2) is 69.6 Å². The minimum atomic E-state index is 0.442. The average molecular weight is 386 g/mol. The number of halogens is 1. The first-order chi connectivity index (χ1) is 12.3. The Balaban J connectivity index is 1.46. The molecule has 25 heavy (non-hydrogen) atoms. The Labute approximate surface area is 157 Å². The van der Waals surface area contributed by atoms with Crippen LogP contribution in [0.1, 0.15) is 5.56 Å². The van der Waals surface area contributed by atoms with Crippen molar-refractivity contribution in [3.05, 3.63) is 70.6 Å². The fourth-order valence-electron chi connectivity index (χ4n) is 2.18. The predicted octanol–water partition coefficient (Wildman–Crippen LogP) is 5.81. The number of nitrogens with zero attached hydrogens (tertiary/aromatic N) is 3. The zero-order chi connectivity index (χ0) is 17.1. The van der Waals surface area contributed by atoms with Crippen molar-refractivity contribution >= 4 is 34.7 Å². The summed E-state index contributed by atoms with van der Waals surface area (Å²) in [6.07, 6.45) is 0. The number of thioether (sulfide) groups is 1. The molecule has 0 amide bonds. The van der Waals surface area contributed by atoms with Gasteiger partial charge in [-0.1, -0.05) is 65.8 Å². The van der Waals surface area contributed by atoms with E-state index in [1.165, 1.54) is 11.8 Å². The molecule has 0 saturated carbocycles. The van der Waals surface area contributed by atoms with Gasteiger partial charge in [0.2, 0.25) is 0 Å². The van der Waals surface area contributed by atoms with Gasteiger partial charge in [-0.05, 0) is 17.7 Å². The van der Waals surface area contributed by atoms with Crippen LogP contribution in [0.5, 0.6) is 0 Å². The summed E-state index contributed by atoms with van der Waals surface area (Å²) < 4.78 is 5.72. The highest BCUT2D eigenvalue weighted by atomic mass is 35.5. The first-order valence-corrected chi connectivity index (χ1v) is 9.74. The van der Waals surface area contributed by atoms with Gasteiger partial charge in [-0.2, -0.15) is 0 Å². The van der Waals surface area contributed by atoms with E-state index in [2.05, 4.69) is 15.2 Å². The monoisotopic (exact) mass is 385 g/mol. The summed E-state index contributed by atoms with van der Waals surface area (Å²) in [6.45, 7) is 0. The Hall–Kier alpha value is -2.15. The molecule has 0 aliphatic rings. The van der Waals surface area contributed by atoms with E-state index in [9.17, 15) is 0 Å². The predicted molar refractivity (Wildman–Crippen MR) is 102 cm³/mol. The van der Waals surface area contributed by atoms with Gasteiger partial charge in [0.1, 0.15) is 10.7 Å². The zero-order valence-electron chi connectivity index (χ0n) is 12.9. The quantitative estimate of drug-likeness (QED) is 0.406. The summed E-state index contributed by atoms with van der Waals surface area (Å²) in [6, 6.07) is 17.8. The molecule has 4 rings (SSSR count). The fraction of sp³-hybridized carbons (Fsp3) is 0.0556. The van der Waals surface area contributed by atoms with Gasteiger partial charge in [-0.25, -0.2) is 4.98 Å². The molecule has 0 saturated heterocycles. The lowest BCUT2D eigenvalue weighted by molar-refractivity contribution is 0.465. The Morgan fingerprint density at radius 2 is 1.80 bits per heavy atom. The summed E-state index contributed by atoms with van der Waals surface area (Å²) in [5.41, 5.74) is 2.93. The van der Waals surface area contributed by atoms with E-state index >= 15 is 0 Å². The van der Waals surface area contributed by atoms with E-state index in [4.69, 9.17) is 16.0 Å². The van der Waals surface area contributed by atoms with Gasteiger partial charge >= 0.3 is 0 Å². The maximum absolute atomic E-state index is 5.89. The Morgan fingerprint density at radius 3 is 2.60 bits per heavy atom. The summed E-state index contributed by atoms with van der Waals surface area (Å²) >= 11 is 8.94. The topological polar surface area (TPSA) is 51.8 Å². The highest BCUT2D eigenvalue weighted by molar-refractivity contribution is 7.98. The van der Waals surface area contributed by atoms with Crippen LogP contribution in [0, 0.1) is 0 Å². The van der Waals surface area contributed by atoms with Gasteiger partial charge in [-0.15, -0.1) is 21.5 Å². The van der Waals surface area contributed by atoms with Gasteiger partial charge < -0.3 is 4.42 Å². The Morgan fingerprint density at radius 1 is 1.00 bits per heavy atom. The molecule has 2 aromatic carbocycles. The smallest absolute Gasteiger partial charge is 0.277 e. The van der Waals surface area contributed by atoms with Crippen molar-refractivity contribution in [2.45, 2.75) is 11.0 Å². The third-order valence-electron chi connectivity index (χ3n) is 3.43. The molecule has 0 radical (unpaired) electrons. The van der Waals surface area contributed by atoms with Gasteiger partial charge in [0.05, 0.1) is 0 Å². The molecule has 4 aromatic rings. The molecule has 7 heteroatoms. The van der Waals surface area contributed by atoms with Crippen molar-refractivity contribution in [3.63, 3.8) is 0 Å². The highest BCUT2D eigenvalue weighted by Crippen LogP contribution is 2.30. The summed E-state index contributed by atoms with van der Waals surface area (Å²) in [7, 11) is 0. The van der Waals surface area contributed by atoms with E-state index < -0.39 is 0 Å². The number of benzene rings is 2. The lowest BCUT2D eigenvalue weighted by atomic mass is 10.2. The maximum atomic E-state index is 5.89. The van der Waals surface area contributed by atoms with E-state index in [0.717, 1.165) is 26.9 Å². The first-order valence-electron chi connectivity index (χ1n) is 7.50. The third-order valence-corrected chi connectivity index (χ3v) is 5.46. The second-order valence-electron chi connectivity index (χ2n) is 5.19. The number of thiazole rings is 1. The molecule has 0 spiro atoms. The van der Waals surface area contributed by atoms with Gasteiger partial charge in [0, 0.05) is 21.7 Å². The molecule has 124 valence electrons. The van der Waals surface area contributed by atoms with Crippen molar-refractivity contribution in [1.82, 2.24) is 15.2 Å². The molecule has 0 aliphatic heterocycles. The van der Waals surface area contributed by atoms with Crippen molar-refractivity contribution < 1.29 is 4.42 Å². The van der Waals surface area contributed by atoms with Crippen LogP contribution in [0.2, 0.25) is 5.02 Å². The van der Waals surface area contributed by atoms with E-state index in [1.807, 2.05) is 60.0 Å².